The van der Waals surface area contributed by atoms with Crippen LogP contribution in [0.1, 0.15) is 19.3 Å². The summed E-state index contributed by atoms with van der Waals surface area (Å²) in [5.74, 6) is 0.440. The van der Waals surface area contributed by atoms with Crippen LogP contribution < -0.4 is 5.32 Å². The van der Waals surface area contributed by atoms with Gasteiger partial charge < -0.3 is 5.32 Å². The summed E-state index contributed by atoms with van der Waals surface area (Å²) < 4.78 is 0. The fraction of sp³-hybridized carbons (Fsp3) is 0.833. The Morgan fingerprint density at radius 1 is 1.62 bits per heavy atom. The molecule has 0 aromatic heterocycles. The average Bonchev–Trinajstić information content (AvgIpc) is 2.34. The van der Waals surface area contributed by atoms with Crippen LogP contribution in [0.15, 0.2) is 0 Å². The molecule has 2 fully saturated rings. The first-order valence-electron chi connectivity index (χ1n) is 3.08. The van der Waals surface area contributed by atoms with Gasteiger partial charge >= 0.3 is 0 Å². The van der Waals surface area contributed by atoms with E-state index in [1.807, 2.05) is 0 Å². The summed E-state index contributed by atoms with van der Waals surface area (Å²) in [7, 11) is 0. The minimum Gasteiger partial charge on any atom is -0.308 e. The number of Topliss-reactive ketones (excluding diaryl/α,β-unsaturated/α-hetero) is 1. The van der Waals surface area contributed by atoms with E-state index in [2.05, 4.69) is 5.32 Å². The van der Waals surface area contributed by atoms with Crippen LogP contribution in [-0.2, 0) is 4.79 Å². The van der Waals surface area contributed by atoms with Crippen molar-refractivity contribution in [1.29, 1.82) is 0 Å². The molecule has 2 heteroatoms. The lowest BCUT2D eigenvalue weighted by atomic mass is 10.1. The van der Waals surface area contributed by atoms with Gasteiger partial charge in [-0.05, 0) is 6.42 Å². The Kier molecular flexibility index (Phi) is 0.637. The second-order valence-electron chi connectivity index (χ2n) is 2.85. The Morgan fingerprint density at radius 2 is 2.38 bits per heavy atom. The summed E-state index contributed by atoms with van der Waals surface area (Å²) in [4.78, 5) is 10.7. The van der Waals surface area contributed by atoms with E-state index in [0.29, 0.717) is 11.3 Å². The van der Waals surface area contributed by atoms with E-state index >= 15 is 0 Å². The predicted molar refractivity (Wildman–Crippen MR) is 29.6 cm³/mol. The van der Waals surface area contributed by atoms with Crippen LogP contribution in [0.4, 0.5) is 0 Å². The van der Waals surface area contributed by atoms with E-state index in [0.717, 1.165) is 25.8 Å². The molecule has 1 spiro atoms. The molecule has 1 atom stereocenters. The third-order valence-electron chi connectivity index (χ3n) is 2.09. The number of carbonyl (C=O) groups is 1. The minimum absolute atomic E-state index is 0.317. The fourth-order valence-electron chi connectivity index (χ4n) is 1.36. The molecule has 2 rings (SSSR count). The van der Waals surface area contributed by atoms with Gasteiger partial charge in [0.15, 0.2) is 0 Å². The van der Waals surface area contributed by atoms with E-state index in [9.17, 15) is 4.79 Å². The van der Waals surface area contributed by atoms with Crippen molar-refractivity contribution < 1.29 is 4.79 Å². The van der Waals surface area contributed by atoms with Gasteiger partial charge in [-0.1, -0.05) is 0 Å². The number of rotatable bonds is 0. The molecule has 0 amide bonds. The van der Waals surface area contributed by atoms with E-state index in [4.69, 9.17) is 0 Å². The van der Waals surface area contributed by atoms with Gasteiger partial charge in [0, 0.05) is 24.9 Å². The average molecular weight is 111 g/mol. The predicted octanol–water partition coefficient (Wildman–Crippen LogP) is 0.0814. The summed E-state index contributed by atoms with van der Waals surface area (Å²) in [6.45, 7) is 1.08. The van der Waals surface area contributed by atoms with Crippen molar-refractivity contribution in [3.63, 3.8) is 0 Å². The molecular weight excluding hydrogens is 102 g/mol. The zero-order valence-corrected chi connectivity index (χ0v) is 4.74. The first-order chi connectivity index (χ1) is 3.81. The molecule has 0 bridgehead atoms. The molecule has 1 N–H and O–H groups in total. The van der Waals surface area contributed by atoms with Crippen molar-refractivity contribution >= 4 is 5.78 Å². The van der Waals surface area contributed by atoms with Crippen molar-refractivity contribution in [3.8, 4) is 0 Å². The molecule has 1 aliphatic heterocycles. The smallest absolute Gasteiger partial charge is 0.134 e. The van der Waals surface area contributed by atoms with Crippen LogP contribution in [-0.4, -0.2) is 17.9 Å². The third kappa shape index (κ3) is 0.494. The zero-order valence-electron chi connectivity index (χ0n) is 4.74. The standard InChI is InChI=1S/C6H9NO/c8-5-1-2-6(3-5)4-7-6/h7H,1-4H2. The van der Waals surface area contributed by atoms with Gasteiger partial charge in [0.2, 0.25) is 0 Å². The van der Waals surface area contributed by atoms with Crippen LogP contribution >= 0.6 is 0 Å². The van der Waals surface area contributed by atoms with E-state index in [1.165, 1.54) is 0 Å². The lowest BCUT2D eigenvalue weighted by molar-refractivity contribution is -0.117. The summed E-state index contributed by atoms with van der Waals surface area (Å²) in [6.07, 6.45) is 2.70. The second kappa shape index (κ2) is 1.13. The normalized spacial score (nSPS) is 43.8. The molecule has 8 heavy (non-hydrogen) atoms. The maximum Gasteiger partial charge on any atom is 0.134 e. The number of ketones is 1. The third-order valence-corrected chi connectivity index (χ3v) is 2.09. The summed E-state index contributed by atoms with van der Waals surface area (Å²) in [5, 5.41) is 3.22. The van der Waals surface area contributed by atoms with Gasteiger partial charge in [0.1, 0.15) is 5.78 Å². The van der Waals surface area contributed by atoms with E-state index in [1.54, 1.807) is 0 Å². The molecule has 1 saturated carbocycles. The molecule has 1 aliphatic carbocycles. The van der Waals surface area contributed by atoms with Crippen LogP contribution in [0.25, 0.3) is 0 Å². The van der Waals surface area contributed by atoms with Gasteiger partial charge in [-0.15, -0.1) is 0 Å². The van der Waals surface area contributed by atoms with E-state index < -0.39 is 0 Å². The summed E-state index contributed by atoms with van der Waals surface area (Å²) >= 11 is 0. The largest absolute Gasteiger partial charge is 0.308 e. The van der Waals surface area contributed by atoms with Crippen LogP contribution in [0.2, 0.25) is 0 Å². The first kappa shape index (κ1) is 4.50. The van der Waals surface area contributed by atoms with Crippen molar-refractivity contribution in [2.75, 3.05) is 6.54 Å². The molecule has 0 radical (unpaired) electrons. The second-order valence-corrected chi connectivity index (χ2v) is 2.85. The van der Waals surface area contributed by atoms with Crippen molar-refractivity contribution in [2.24, 2.45) is 0 Å². The molecule has 2 nitrogen and oxygen atoms in total. The van der Waals surface area contributed by atoms with Crippen molar-refractivity contribution in [1.82, 2.24) is 5.32 Å². The first-order valence-corrected chi connectivity index (χ1v) is 3.08. The summed E-state index contributed by atoms with van der Waals surface area (Å²) in [6, 6.07) is 0. The van der Waals surface area contributed by atoms with Gasteiger partial charge in [0.25, 0.3) is 0 Å². The quantitative estimate of drug-likeness (QED) is 0.450. The Labute approximate surface area is 48.3 Å². The Balaban J connectivity index is 2.13. The molecule has 1 unspecified atom stereocenters. The number of hydrogen-bond donors (Lipinski definition) is 1. The molecule has 0 aromatic rings. The Bertz CT molecular complexity index is 137. The van der Waals surface area contributed by atoms with Gasteiger partial charge in [-0.2, -0.15) is 0 Å². The highest BCUT2D eigenvalue weighted by Gasteiger charge is 2.47. The molecular formula is C6H9NO. The highest BCUT2D eigenvalue weighted by atomic mass is 16.1. The van der Waals surface area contributed by atoms with Crippen molar-refractivity contribution in [2.45, 2.75) is 24.8 Å². The molecule has 0 aromatic carbocycles. The maximum atomic E-state index is 10.7. The highest BCUT2D eigenvalue weighted by Crippen LogP contribution is 2.34. The SMILES string of the molecule is O=C1CCC2(CN2)C1. The van der Waals surface area contributed by atoms with Gasteiger partial charge in [-0.25, -0.2) is 0 Å². The molecule has 44 valence electrons. The molecule has 1 saturated heterocycles. The van der Waals surface area contributed by atoms with Crippen molar-refractivity contribution in [3.05, 3.63) is 0 Å². The zero-order chi connectivity index (χ0) is 5.61. The number of hydrogen-bond acceptors (Lipinski definition) is 2. The molecule has 2 aliphatic rings. The van der Waals surface area contributed by atoms with E-state index in [-0.39, 0.29) is 0 Å². The number of carbonyl (C=O) groups excluding carboxylic acids is 1. The number of nitrogens with one attached hydrogen (secondary N) is 1. The minimum atomic E-state index is 0.317. The Hall–Kier alpha value is -0.370. The lowest BCUT2D eigenvalue weighted by Crippen LogP contribution is -2.08. The van der Waals surface area contributed by atoms with Gasteiger partial charge in [-0.3, -0.25) is 4.79 Å². The van der Waals surface area contributed by atoms with Gasteiger partial charge in [0.05, 0.1) is 0 Å². The fourth-order valence-corrected chi connectivity index (χ4v) is 1.36. The van der Waals surface area contributed by atoms with Crippen LogP contribution in [0.5, 0.6) is 0 Å². The lowest BCUT2D eigenvalue weighted by Gasteiger charge is -1.94. The molecule has 1 heterocycles. The van der Waals surface area contributed by atoms with Crippen LogP contribution in [0, 0.1) is 0 Å². The highest BCUT2D eigenvalue weighted by molar-refractivity contribution is 5.83. The maximum absolute atomic E-state index is 10.7. The monoisotopic (exact) mass is 111 g/mol. The topological polar surface area (TPSA) is 39.0 Å². The summed E-state index contributed by atoms with van der Waals surface area (Å²) in [5.41, 5.74) is 0.317. The Morgan fingerprint density at radius 3 is 2.62 bits per heavy atom. The van der Waals surface area contributed by atoms with Crippen LogP contribution in [0.3, 0.4) is 0 Å².